The zero-order valence-corrected chi connectivity index (χ0v) is 6.70. The standard InChI is InChI=1S/C9H9NO2/c1-6-2-3-7(9(10)12)4-8(6)5-11/h2-5H,1H3,(H2,10,12). The Morgan fingerprint density at radius 3 is 2.67 bits per heavy atom. The molecule has 0 saturated carbocycles. The van der Waals surface area contributed by atoms with Crippen LogP contribution in [0, 0.1) is 6.92 Å². The second kappa shape index (κ2) is 3.17. The SMILES string of the molecule is Cc1ccc(C(N)=O)cc1C=O. The van der Waals surface area contributed by atoms with Gasteiger partial charge in [0.15, 0.2) is 0 Å². The van der Waals surface area contributed by atoms with E-state index in [9.17, 15) is 9.59 Å². The fourth-order valence-electron chi connectivity index (χ4n) is 0.921. The zero-order chi connectivity index (χ0) is 9.14. The molecule has 1 aromatic carbocycles. The number of amides is 1. The van der Waals surface area contributed by atoms with Crippen molar-refractivity contribution in [3.8, 4) is 0 Å². The van der Waals surface area contributed by atoms with Crippen molar-refractivity contribution in [3.63, 3.8) is 0 Å². The summed E-state index contributed by atoms with van der Waals surface area (Å²) in [4.78, 5) is 21.1. The van der Waals surface area contributed by atoms with Gasteiger partial charge in [0, 0.05) is 11.1 Å². The van der Waals surface area contributed by atoms with E-state index >= 15 is 0 Å². The van der Waals surface area contributed by atoms with Crippen LogP contribution < -0.4 is 5.73 Å². The van der Waals surface area contributed by atoms with Crippen LogP contribution in [0.15, 0.2) is 18.2 Å². The predicted octanol–water partition coefficient (Wildman–Crippen LogP) is 0.906. The van der Waals surface area contributed by atoms with Crippen molar-refractivity contribution < 1.29 is 9.59 Å². The Morgan fingerprint density at radius 2 is 2.17 bits per heavy atom. The molecule has 3 heteroatoms. The average Bonchev–Trinajstić information content (AvgIpc) is 2.05. The summed E-state index contributed by atoms with van der Waals surface area (Å²) in [7, 11) is 0. The molecule has 0 radical (unpaired) electrons. The van der Waals surface area contributed by atoms with Crippen LogP contribution in [-0.2, 0) is 0 Å². The molecular weight excluding hydrogens is 154 g/mol. The quantitative estimate of drug-likeness (QED) is 0.658. The van der Waals surface area contributed by atoms with Gasteiger partial charge >= 0.3 is 0 Å². The topological polar surface area (TPSA) is 60.2 Å². The minimum Gasteiger partial charge on any atom is -0.366 e. The van der Waals surface area contributed by atoms with Crippen molar-refractivity contribution in [3.05, 3.63) is 34.9 Å². The summed E-state index contributed by atoms with van der Waals surface area (Å²) < 4.78 is 0. The van der Waals surface area contributed by atoms with Crippen LogP contribution in [0.4, 0.5) is 0 Å². The molecule has 0 aromatic heterocycles. The molecule has 1 rings (SSSR count). The molecule has 0 atom stereocenters. The van der Waals surface area contributed by atoms with Crippen molar-refractivity contribution in [2.24, 2.45) is 5.73 Å². The van der Waals surface area contributed by atoms with Gasteiger partial charge in [0.2, 0.25) is 5.91 Å². The van der Waals surface area contributed by atoms with E-state index in [1.165, 1.54) is 6.07 Å². The summed E-state index contributed by atoms with van der Waals surface area (Å²) in [6.45, 7) is 1.80. The van der Waals surface area contributed by atoms with Crippen LogP contribution in [-0.4, -0.2) is 12.2 Å². The minimum absolute atomic E-state index is 0.364. The van der Waals surface area contributed by atoms with E-state index in [2.05, 4.69) is 0 Å². The molecule has 0 unspecified atom stereocenters. The van der Waals surface area contributed by atoms with Crippen LogP contribution in [0.1, 0.15) is 26.3 Å². The lowest BCUT2D eigenvalue weighted by Gasteiger charge is -1.99. The van der Waals surface area contributed by atoms with Gasteiger partial charge in [0.1, 0.15) is 6.29 Å². The maximum absolute atomic E-state index is 10.7. The summed E-state index contributed by atoms with van der Waals surface area (Å²) in [5.74, 6) is -0.516. The molecule has 0 aliphatic carbocycles. The highest BCUT2D eigenvalue weighted by Crippen LogP contribution is 2.08. The third-order valence-corrected chi connectivity index (χ3v) is 1.69. The number of carbonyl (C=O) groups excluding carboxylic acids is 2. The normalized spacial score (nSPS) is 9.42. The molecule has 0 aliphatic heterocycles. The summed E-state index contributed by atoms with van der Waals surface area (Å²) in [6.07, 6.45) is 0.710. The monoisotopic (exact) mass is 163 g/mol. The number of hydrogen-bond donors (Lipinski definition) is 1. The van der Waals surface area contributed by atoms with Gasteiger partial charge in [0.05, 0.1) is 0 Å². The van der Waals surface area contributed by atoms with Gasteiger partial charge in [-0.2, -0.15) is 0 Å². The first-order chi connectivity index (χ1) is 5.65. The predicted molar refractivity (Wildman–Crippen MR) is 45.1 cm³/mol. The summed E-state index contributed by atoms with van der Waals surface area (Å²) >= 11 is 0. The van der Waals surface area contributed by atoms with Gasteiger partial charge in [-0.15, -0.1) is 0 Å². The Labute approximate surface area is 70.2 Å². The van der Waals surface area contributed by atoms with E-state index < -0.39 is 5.91 Å². The van der Waals surface area contributed by atoms with Gasteiger partial charge in [0.25, 0.3) is 0 Å². The first kappa shape index (κ1) is 8.46. The summed E-state index contributed by atoms with van der Waals surface area (Å²) in [5.41, 5.74) is 6.74. The fraction of sp³-hybridized carbons (Fsp3) is 0.111. The highest BCUT2D eigenvalue weighted by molar-refractivity contribution is 5.94. The molecule has 0 bridgehead atoms. The lowest BCUT2D eigenvalue weighted by molar-refractivity contribution is 0.100. The largest absolute Gasteiger partial charge is 0.366 e. The first-order valence-electron chi connectivity index (χ1n) is 3.51. The lowest BCUT2D eigenvalue weighted by atomic mass is 10.1. The van der Waals surface area contributed by atoms with E-state index in [-0.39, 0.29) is 0 Å². The van der Waals surface area contributed by atoms with Gasteiger partial charge in [-0.1, -0.05) is 6.07 Å². The minimum atomic E-state index is -0.516. The van der Waals surface area contributed by atoms with Gasteiger partial charge in [-0.25, -0.2) is 0 Å². The first-order valence-corrected chi connectivity index (χ1v) is 3.51. The molecule has 0 fully saturated rings. The molecule has 12 heavy (non-hydrogen) atoms. The molecule has 0 aliphatic rings. The van der Waals surface area contributed by atoms with Gasteiger partial charge in [-0.3, -0.25) is 9.59 Å². The lowest BCUT2D eigenvalue weighted by Crippen LogP contribution is -2.11. The third-order valence-electron chi connectivity index (χ3n) is 1.69. The Hall–Kier alpha value is -1.64. The van der Waals surface area contributed by atoms with Gasteiger partial charge in [-0.05, 0) is 24.6 Å². The Kier molecular flexibility index (Phi) is 2.24. The number of aldehydes is 1. The van der Waals surface area contributed by atoms with E-state index in [1.54, 1.807) is 19.1 Å². The molecule has 0 heterocycles. The third kappa shape index (κ3) is 1.50. The Bertz CT molecular complexity index is 331. The maximum atomic E-state index is 10.7. The second-order valence-electron chi connectivity index (χ2n) is 2.55. The molecule has 1 aromatic rings. The van der Waals surface area contributed by atoms with Crippen LogP contribution in [0.2, 0.25) is 0 Å². The number of primary amides is 1. The molecule has 0 spiro atoms. The number of carbonyl (C=O) groups is 2. The molecular formula is C9H9NO2. The molecule has 3 nitrogen and oxygen atoms in total. The highest BCUT2D eigenvalue weighted by Gasteiger charge is 2.02. The maximum Gasteiger partial charge on any atom is 0.248 e. The highest BCUT2D eigenvalue weighted by atomic mass is 16.1. The van der Waals surface area contributed by atoms with Crippen molar-refractivity contribution in [2.75, 3.05) is 0 Å². The van der Waals surface area contributed by atoms with E-state index in [4.69, 9.17) is 5.73 Å². The summed E-state index contributed by atoms with van der Waals surface area (Å²) in [5, 5.41) is 0. The van der Waals surface area contributed by atoms with Gasteiger partial charge < -0.3 is 5.73 Å². The summed E-state index contributed by atoms with van der Waals surface area (Å²) in [6, 6.07) is 4.79. The van der Waals surface area contributed by atoms with Crippen molar-refractivity contribution in [1.82, 2.24) is 0 Å². The fourth-order valence-corrected chi connectivity index (χ4v) is 0.921. The van der Waals surface area contributed by atoms with Crippen LogP contribution in [0.25, 0.3) is 0 Å². The number of nitrogens with two attached hydrogens (primary N) is 1. The number of rotatable bonds is 2. The van der Waals surface area contributed by atoms with E-state index in [0.29, 0.717) is 17.4 Å². The molecule has 2 N–H and O–H groups in total. The van der Waals surface area contributed by atoms with Crippen molar-refractivity contribution in [2.45, 2.75) is 6.92 Å². The number of benzene rings is 1. The van der Waals surface area contributed by atoms with Crippen LogP contribution >= 0.6 is 0 Å². The zero-order valence-electron chi connectivity index (χ0n) is 6.70. The average molecular weight is 163 g/mol. The smallest absolute Gasteiger partial charge is 0.248 e. The molecule has 62 valence electrons. The van der Waals surface area contributed by atoms with E-state index in [1.807, 2.05) is 0 Å². The van der Waals surface area contributed by atoms with Crippen LogP contribution in [0.3, 0.4) is 0 Å². The van der Waals surface area contributed by atoms with Crippen molar-refractivity contribution in [1.29, 1.82) is 0 Å². The molecule has 0 saturated heterocycles. The Morgan fingerprint density at radius 1 is 1.50 bits per heavy atom. The second-order valence-corrected chi connectivity index (χ2v) is 2.55. The number of aryl methyl sites for hydroxylation is 1. The van der Waals surface area contributed by atoms with Crippen LogP contribution in [0.5, 0.6) is 0 Å². The van der Waals surface area contributed by atoms with Crippen molar-refractivity contribution >= 4 is 12.2 Å². The molecule has 1 amide bonds. The number of hydrogen-bond acceptors (Lipinski definition) is 2. The Balaban J connectivity index is 3.22. The van der Waals surface area contributed by atoms with E-state index in [0.717, 1.165) is 5.56 Å².